The van der Waals surface area contributed by atoms with Crippen molar-refractivity contribution >= 4 is 32.9 Å². The van der Waals surface area contributed by atoms with Crippen LogP contribution in [0.3, 0.4) is 0 Å². The third-order valence-electron chi connectivity index (χ3n) is 6.75. The van der Waals surface area contributed by atoms with Gasteiger partial charge in [-0.05, 0) is 62.8 Å². The zero-order valence-corrected chi connectivity index (χ0v) is 20.2. The molecule has 5 rings (SSSR count). The zero-order valence-electron chi connectivity index (χ0n) is 18.6. The minimum Gasteiger partial charge on any atom is -0.340 e. The highest BCUT2D eigenvalue weighted by molar-refractivity contribution is 9.10. The van der Waals surface area contributed by atoms with E-state index in [2.05, 4.69) is 84.7 Å². The Hall–Kier alpha value is -2.22. The quantitative estimate of drug-likeness (QED) is 0.552. The van der Waals surface area contributed by atoms with E-state index in [0.29, 0.717) is 5.91 Å². The Kier molecular flexibility index (Phi) is 6.31. The van der Waals surface area contributed by atoms with Gasteiger partial charge in [0.2, 0.25) is 5.91 Å². The number of likely N-dealkylation sites (tertiary alicyclic amines) is 1. The Balaban J connectivity index is 1.37. The molecule has 0 saturated carbocycles. The fraction of sp³-hybridized carbons (Fsp3) is 0.440. The Bertz CT molecular complexity index is 1090. The van der Waals surface area contributed by atoms with Gasteiger partial charge >= 0.3 is 0 Å². The van der Waals surface area contributed by atoms with Gasteiger partial charge in [-0.1, -0.05) is 28.1 Å². The lowest BCUT2D eigenvalue weighted by Gasteiger charge is -2.38. The lowest BCUT2D eigenvalue weighted by molar-refractivity contribution is -0.139. The van der Waals surface area contributed by atoms with E-state index in [4.69, 9.17) is 4.98 Å². The molecule has 0 spiro atoms. The van der Waals surface area contributed by atoms with Gasteiger partial charge in [0.15, 0.2) is 0 Å². The van der Waals surface area contributed by atoms with Gasteiger partial charge < -0.3 is 9.80 Å². The maximum atomic E-state index is 13.2. The first-order valence-corrected chi connectivity index (χ1v) is 12.3. The summed E-state index contributed by atoms with van der Waals surface area (Å²) in [6, 6.07) is 16.7. The number of carbonyl (C=O) groups is 1. The number of para-hydroxylation sites is 2. The average molecular weight is 496 g/mol. The van der Waals surface area contributed by atoms with Crippen molar-refractivity contribution in [2.45, 2.75) is 19.4 Å². The molecule has 0 N–H and O–H groups in total. The third kappa shape index (κ3) is 4.47. The van der Waals surface area contributed by atoms with Crippen LogP contribution in [-0.2, 0) is 11.3 Å². The summed E-state index contributed by atoms with van der Waals surface area (Å²) >= 11 is 3.54. The second-order valence-corrected chi connectivity index (χ2v) is 9.95. The number of aromatic nitrogens is 2. The molecular formula is C25H30BrN5O. The van der Waals surface area contributed by atoms with Gasteiger partial charge in [0.1, 0.15) is 5.82 Å². The van der Waals surface area contributed by atoms with Gasteiger partial charge in [0.05, 0.1) is 23.5 Å². The number of benzene rings is 2. The van der Waals surface area contributed by atoms with Gasteiger partial charge in [0, 0.05) is 42.9 Å². The number of imidazole rings is 1. The molecule has 0 aliphatic carbocycles. The van der Waals surface area contributed by atoms with Crippen LogP contribution in [0.2, 0.25) is 0 Å². The number of carbonyl (C=O) groups excluding carboxylic acids is 1. The van der Waals surface area contributed by atoms with E-state index in [0.717, 1.165) is 85.7 Å². The van der Waals surface area contributed by atoms with E-state index in [1.54, 1.807) is 0 Å². The topological polar surface area (TPSA) is 44.6 Å². The first kappa shape index (κ1) is 21.6. The van der Waals surface area contributed by atoms with Crippen LogP contribution in [0, 0.1) is 5.92 Å². The molecule has 3 aromatic rings. The molecule has 6 nitrogen and oxygen atoms in total. The van der Waals surface area contributed by atoms with Crippen molar-refractivity contribution in [3.63, 3.8) is 0 Å². The molecule has 3 heterocycles. The largest absolute Gasteiger partial charge is 0.340 e. The van der Waals surface area contributed by atoms with Crippen LogP contribution in [0.4, 0.5) is 0 Å². The van der Waals surface area contributed by atoms with Crippen molar-refractivity contribution in [3.05, 3.63) is 58.8 Å². The molecule has 1 atom stereocenters. The SMILES string of the molecule is CN1CCN(C(=O)[C@@H]2CCCN(Cc3nc4ccccc4n3-c3ccc(Br)cc3)C2)CC1. The molecule has 1 amide bonds. The Morgan fingerprint density at radius 3 is 2.56 bits per heavy atom. The predicted molar refractivity (Wildman–Crippen MR) is 131 cm³/mol. The molecule has 0 radical (unpaired) electrons. The smallest absolute Gasteiger partial charge is 0.227 e. The maximum Gasteiger partial charge on any atom is 0.227 e. The summed E-state index contributed by atoms with van der Waals surface area (Å²) in [4.78, 5) is 24.9. The van der Waals surface area contributed by atoms with E-state index in [9.17, 15) is 4.79 Å². The number of fused-ring (bicyclic) bond motifs is 1. The van der Waals surface area contributed by atoms with Gasteiger partial charge in [-0.15, -0.1) is 0 Å². The number of hydrogen-bond donors (Lipinski definition) is 0. The summed E-state index contributed by atoms with van der Waals surface area (Å²) in [7, 11) is 2.13. The summed E-state index contributed by atoms with van der Waals surface area (Å²) in [5, 5.41) is 0. The molecule has 2 aromatic carbocycles. The third-order valence-corrected chi connectivity index (χ3v) is 7.28. The first-order chi connectivity index (χ1) is 15.6. The van der Waals surface area contributed by atoms with Crippen LogP contribution in [0.1, 0.15) is 18.7 Å². The number of rotatable bonds is 4. The minimum atomic E-state index is 0.0951. The molecule has 0 unspecified atom stereocenters. The molecule has 168 valence electrons. The Morgan fingerprint density at radius 2 is 1.78 bits per heavy atom. The molecule has 32 heavy (non-hydrogen) atoms. The van der Waals surface area contributed by atoms with Crippen LogP contribution in [0.25, 0.3) is 16.7 Å². The molecular weight excluding hydrogens is 466 g/mol. The summed E-state index contributed by atoms with van der Waals surface area (Å²) in [6.07, 6.45) is 2.05. The second-order valence-electron chi connectivity index (χ2n) is 9.03. The van der Waals surface area contributed by atoms with Gasteiger partial charge in [0.25, 0.3) is 0 Å². The molecule has 2 aliphatic rings. The monoisotopic (exact) mass is 495 g/mol. The number of likely N-dealkylation sites (N-methyl/N-ethyl adjacent to an activating group) is 1. The van der Waals surface area contributed by atoms with E-state index in [1.165, 1.54) is 0 Å². The van der Waals surface area contributed by atoms with Gasteiger partial charge in [-0.2, -0.15) is 0 Å². The molecule has 2 saturated heterocycles. The normalized spacial score (nSPS) is 20.7. The van der Waals surface area contributed by atoms with E-state index in [1.807, 2.05) is 6.07 Å². The molecule has 0 bridgehead atoms. The van der Waals surface area contributed by atoms with E-state index in [-0.39, 0.29) is 5.92 Å². The molecule has 2 fully saturated rings. The van der Waals surface area contributed by atoms with Crippen LogP contribution in [0.15, 0.2) is 53.0 Å². The summed E-state index contributed by atoms with van der Waals surface area (Å²) in [6.45, 7) is 6.22. The van der Waals surface area contributed by atoms with Crippen molar-refractivity contribution in [1.82, 2.24) is 24.3 Å². The van der Waals surface area contributed by atoms with Crippen LogP contribution in [0.5, 0.6) is 0 Å². The number of amides is 1. The van der Waals surface area contributed by atoms with Crippen molar-refractivity contribution in [2.75, 3.05) is 46.3 Å². The zero-order chi connectivity index (χ0) is 22.1. The van der Waals surface area contributed by atoms with Crippen molar-refractivity contribution in [3.8, 4) is 5.69 Å². The fourth-order valence-corrected chi connectivity index (χ4v) is 5.21. The average Bonchev–Trinajstić information content (AvgIpc) is 3.17. The van der Waals surface area contributed by atoms with Gasteiger partial charge in [-0.3, -0.25) is 14.3 Å². The molecule has 7 heteroatoms. The fourth-order valence-electron chi connectivity index (χ4n) is 4.95. The van der Waals surface area contributed by atoms with Crippen LogP contribution >= 0.6 is 15.9 Å². The number of nitrogens with zero attached hydrogens (tertiary/aromatic N) is 5. The molecule has 1 aromatic heterocycles. The molecule has 2 aliphatic heterocycles. The van der Waals surface area contributed by atoms with Crippen LogP contribution < -0.4 is 0 Å². The Morgan fingerprint density at radius 1 is 1.03 bits per heavy atom. The standard InChI is InChI=1S/C25H30BrN5O/c1-28-13-15-30(16-14-28)25(32)19-5-4-12-29(17-19)18-24-27-22-6-2-3-7-23(22)31(24)21-10-8-20(26)9-11-21/h2-3,6-11,19H,4-5,12-18H2,1H3/t19-/m1/s1. The number of piperazine rings is 1. The number of piperidine rings is 1. The van der Waals surface area contributed by atoms with Gasteiger partial charge in [-0.25, -0.2) is 4.98 Å². The summed E-state index contributed by atoms with van der Waals surface area (Å²) < 4.78 is 3.32. The van der Waals surface area contributed by atoms with Crippen molar-refractivity contribution in [1.29, 1.82) is 0 Å². The number of halogens is 1. The Labute approximate surface area is 197 Å². The number of hydrogen-bond acceptors (Lipinski definition) is 4. The van der Waals surface area contributed by atoms with Crippen LogP contribution in [-0.4, -0.2) is 76.5 Å². The summed E-state index contributed by atoms with van der Waals surface area (Å²) in [5.41, 5.74) is 3.23. The predicted octanol–water partition coefficient (Wildman–Crippen LogP) is 3.77. The van der Waals surface area contributed by atoms with E-state index < -0.39 is 0 Å². The highest BCUT2D eigenvalue weighted by Crippen LogP contribution is 2.26. The minimum absolute atomic E-state index is 0.0951. The summed E-state index contributed by atoms with van der Waals surface area (Å²) in [5.74, 6) is 1.46. The lowest BCUT2D eigenvalue weighted by Crippen LogP contribution is -2.51. The highest BCUT2D eigenvalue weighted by atomic mass is 79.9. The lowest BCUT2D eigenvalue weighted by atomic mass is 9.96. The maximum absolute atomic E-state index is 13.2. The first-order valence-electron chi connectivity index (χ1n) is 11.5. The second kappa shape index (κ2) is 9.33. The van der Waals surface area contributed by atoms with E-state index >= 15 is 0 Å². The highest BCUT2D eigenvalue weighted by Gasteiger charge is 2.31. The van der Waals surface area contributed by atoms with Crippen molar-refractivity contribution < 1.29 is 4.79 Å². The van der Waals surface area contributed by atoms with Crippen molar-refractivity contribution in [2.24, 2.45) is 5.92 Å².